The van der Waals surface area contributed by atoms with Crippen molar-refractivity contribution in [2.24, 2.45) is 10.3 Å². The first kappa shape index (κ1) is 12.1. The van der Waals surface area contributed by atoms with Crippen LogP contribution in [0, 0.1) is 11.3 Å². The lowest BCUT2D eigenvalue weighted by Crippen LogP contribution is -1.85. The number of nitrogens with zero attached hydrogens (tertiary/aromatic N) is 3. The van der Waals surface area contributed by atoms with Crippen LogP contribution in [0.5, 0.6) is 0 Å². The SMILES string of the molecule is N#Cc1cc(Cl)ccc1N=NNc1ccccc1. The van der Waals surface area contributed by atoms with Crippen molar-refractivity contribution in [1.29, 1.82) is 5.26 Å². The first-order chi connectivity index (χ1) is 8.79. The third kappa shape index (κ3) is 3.06. The second-order valence-corrected chi connectivity index (χ2v) is 3.89. The molecule has 2 aromatic rings. The summed E-state index contributed by atoms with van der Waals surface area (Å²) < 4.78 is 0. The smallest absolute Gasteiger partial charge is 0.105 e. The standard InChI is InChI=1S/C13H9ClN4/c14-11-6-7-13(10(8-11)9-15)17-18-16-12-4-2-1-3-5-12/h1-8H,(H,16,17). The quantitative estimate of drug-likeness (QED) is 0.657. The Morgan fingerprint density at radius 3 is 2.61 bits per heavy atom. The number of nitriles is 1. The summed E-state index contributed by atoms with van der Waals surface area (Å²) >= 11 is 5.79. The summed E-state index contributed by atoms with van der Waals surface area (Å²) in [5.74, 6) is 0. The average molecular weight is 257 g/mol. The summed E-state index contributed by atoms with van der Waals surface area (Å²) in [6.45, 7) is 0. The molecule has 0 aromatic heterocycles. The van der Waals surface area contributed by atoms with Gasteiger partial charge in [-0.05, 0) is 30.3 Å². The van der Waals surface area contributed by atoms with Gasteiger partial charge in [-0.15, -0.1) is 5.11 Å². The number of para-hydroxylation sites is 1. The van der Waals surface area contributed by atoms with E-state index in [0.29, 0.717) is 16.3 Å². The Morgan fingerprint density at radius 1 is 1.11 bits per heavy atom. The molecular formula is C13H9ClN4. The molecule has 0 bridgehead atoms. The van der Waals surface area contributed by atoms with Gasteiger partial charge >= 0.3 is 0 Å². The van der Waals surface area contributed by atoms with E-state index in [-0.39, 0.29) is 0 Å². The van der Waals surface area contributed by atoms with Crippen LogP contribution in [-0.4, -0.2) is 0 Å². The van der Waals surface area contributed by atoms with Gasteiger partial charge in [0, 0.05) is 5.02 Å². The summed E-state index contributed by atoms with van der Waals surface area (Å²) in [6, 6.07) is 16.3. The van der Waals surface area contributed by atoms with E-state index >= 15 is 0 Å². The largest absolute Gasteiger partial charge is 0.260 e. The van der Waals surface area contributed by atoms with E-state index in [1.165, 1.54) is 0 Å². The zero-order valence-electron chi connectivity index (χ0n) is 9.34. The van der Waals surface area contributed by atoms with Crippen LogP contribution >= 0.6 is 11.6 Å². The van der Waals surface area contributed by atoms with Crippen LogP contribution in [0.3, 0.4) is 0 Å². The third-order valence-electron chi connectivity index (χ3n) is 2.19. The van der Waals surface area contributed by atoms with Gasteiger partial charge < -0.3 is 0 Å². The Labute approximate surface area is 110 Å². The molecule has 88 valence electrons. The molecule has 5 heteroatoms. The zero-order valence-corrected chi connectivity index (χ0v) is 10.1. The predicted octanol–water partition coefficient (Wildman–Crippen LogP) is 4.32. The van der Waals surface area contributed by atoms with Crippen molar-refractivity contribution in [3.05, 3.63) is 59.1 Å². The molecule has 0 aliphatic carbocycles. The van der Waals surface area contributed by atoms with Gasteiger partial charge in [0.15, 0.2) is 0 Å². The molecule has 0 amide bonds. The first-order valence-corrected chi connectivity index (χ1v) is 5.59. The first-order valence-electron chi connectivity index (χ1n) is 5.21. The van der Waals surface area contributed by atoms with Gasteiger partial charge in [-0.1, -0.05) is 35.0 Å². The predicted molar refractivity (Wildman–Crippen MR) is 70.7 cm³/mol. The summed E-state index contributed by atoms with van der Waals surface area (Å²) in [6.07, 6.45) is 0. The number of halogens is 1. The van der Waals surface area contributed by atoms with E-state index in [0.717, 1.165) is 5.69 Å². The van der Waals surface area contributed by atoms with Crippen LogP contribution in [0.15, 0.2) is 58.9 Å². The Morgan fingerprint density at radius 2 is 1.89 bits per heavy atom. The van der Waals surface area contributed by atoms with Gasteiger partial charge in [-0.25, -0.2) is 0 Å². The maximum absolute atomic E-state index is 8.93. The van der Waals surface area contributed by atoms with Crippen LogP contribution in [0.1, 0.15) is 5.56 Å². The molecule has 0 spiro atoms. The molecule has 0 fully saturated rings. The molecule has 0 radical (unpaired) electrons. The van der Waals surface area contributed by atoms with Crippen molar-refractivity contribution < 1.29 is 0 Å². The fourth-order valence-electron chi connectivity index (χ4n) is 1.33. The van der Waals surface area contributed by atoms with Crippen molar-refractivity contribution in [2.75, 3.05) is 5.43 Å². The lowest BCUT2D eigenvalue weighted by molar-refractivity contribution is 1.13. The Balaban J connectivity index is 2.13. The van der Waals surface area contributed by atoms with Gasteiger partial charge in [0.25, 0.3) is 0 Å². The van der Waals surface area contributed by atoms with Crippen LogP contribution in [-0.2, 0) is 0 Å². The number of benzene rings is 2. The average Bonchev–Trinajstić information content (AvgIpc) is 2.41. The molecule has 0 atom stereocenters. The van der Waals surface area contributed by atoms with Gasteiger partial charge in [-0.3, -0.25) is 5.43 Å². The maximum Gasteiger partial charge on any atom is 0.105 e. The Hall–Kier alpha value is -2.38. The van der Waals surface area contributed by atoms with E-state index in [2.05, 4.69) is 15.8 Å². The monoisotopic (exact) mass is 256 g/mol. The van der Waals surface area contributed by atoms with Gasteiger partial charge in [0.1, 0.15) is 11.8 Å². The topological polar surface area (TPSA) is 60.5 Å². The van der Waals surface area contributed by atoms with Gasteiger partial charge in [0.05, 0.1) is 11.3 Å². The second-order valence-electron chi connectivity index (χ2n) is 3.45. The van der Waals surface area contributed by atoms with E-state index in [9.17, 15) is 0 Å². The highest BCUT2D eigenvalue weighted by Gasteiger charge is 2.01. The number of nitrogens with one attached hydrogen (secondary N) is 1. The van der Waals surface area contributed by atoms with Crippen LogP contribution in [0.4, 0.5) is 11.4 Å². The van der Waals surface area contributed by atoms with Crippen molar-refractivity contribution in [3.8, 4) is 6.07 Å². The summed E-state index contributed by atoms with van der Waals surface area (Å²) in [5, 5.41) is 17.2. The van der Waals surface area contributed by atoms with Crippen molar-refractivity contribution in [1.82, 2.24) is 0 Å². The fourth-order valence-corrected chi connectivity index (χ4v) is 1.51. The highest BCUT2D eigenvalue weighted by Crippen LogP contribution is 2.22. The minimum Gasteiger partial charge on any atom is -0.260 e. The van der Waals surface area contributed by atoms with E-state index < -0.39 is 0 Å². The lowest BCUT2D eigenvalue weighted by atomic mass is 10.2. The molecule has 2 rings (SSSR count). The normalized spacial score (nSPS) is 10.2. The molecule has 0 aliphatic heterocycles. The molecule has 18 heavy (non-hydrogen) atoms. The molecule has 0 aliphatic rings. The van der Waals surface area contributed by atoms with Crippen molar-refractivity contribution >= 4 is 23.0 Å². The number of hydrogen-bond acceptors (Lipinski definition) is 3. The number of anilines is 1. The summed E-state index contributed by atoms with van der Waals surface area (Å²) in [4.78, 5) is 0. The highest BCUT2D eigenvalue weighted by molar-refractivity contribution is 6.30. The number of rotatable bonds is 3. The summed E-state index contributed by atoms with van der Waals surface area (Å²) in [5.41, 5.74) is 4.47. The second kappa shape index (κ2) is 5.80. The third-order valence-corrected chi connectivity index (χ3v) is 2.42. The molecule has 1 N–H and O–H groups in total. The summed E-state index contributed by atoms with van der Waals surface area (Å²) in [7, 11) is 0. The van der Waals surface area contributed by atoms with Crippen LogP contribution in [0.25, 0.3) is 0 Å². The minimum absolute atomic E-state index is 0.390. The number of hydrogen-bond donors (Lipinski definition) is 1. The molecule has 0 unspecified atom stereocenters. The van der Waals surface area contributed by atoms with Crippen molar-refractivity contribution in [3.63, 3.8) is 0 Å². The molecular weight excluding hydrogens is 248 g/mol. The molecule has 0 saturated heterocycles. The van der Waals surface area contributed by atoms with E-state index in [4.69, 9.17) is 16.9 Å². The minimum atomic E-state index is 0.390. The van der Waals surface area contributed by atoms with E-state index in [1.807, 2.05) is 36.4 Å². The Bertz CT molecular complexity index is 602. The van der Waals surface area contributed by atoms with Crippen molar-refractivity contribution in [2.45, 2.75) is 0 Å². The van der Waals surface area contributed by atoms with Crippen LogP contribution < -0.4 is 5.43 Å². The molecule has 0 heterocycles. The zero-order chi connectivity index (χ0) is 12.8. The van der Waals surface area contributed by atoms with E-state index in [1.54, 1.807) is 18.2 Å². The Kier molecular flexibility index (Phi) is 3.90. The molecule has 2 aromatic carbocycles. The molecule has 4 nitrogen and oxygen atoms in total. The van der Waals surface area contributed by atoms with Crippen LogP contribution in [0.2, 0.25) is 5.02 Å². The fraction of sp³-hybridized carbons (Fsp3) is 0. The van der Waals surface area contributed by atoms with Gasteiger partial charge in [0.2, 0.25) is 0 Å². The van der Waals surface area contributed by atoms with Gasteiger partial charge in [-0.2, -0.15) is 5.26 Å². The lowest BCUT2D eigenvalue weighted by Gasteiger charge is -1.99. The highest BCUT2D eigenvalue weighted by atomic mass is 35.5. The molecule has 0 saturated carbocycles. The maximum atomic E-state index is 8.93.